The smallest absolute Gasteiger partial charge is 0.497 e. The summed E-state index contributed by atoms with van der Waals surface area (Å²) in [4.78, 5) is 28.0. The second kappa shape index (κ2) is 12.7. The third-order valence-electron chi connectivity index (χ3n) is 7.23. The summed E-state index contributed by atoms with van der Waals surface area (Å²) in [7, 11) is 3.20. The minimum Gasteiger partial charge on any atom is -0.497 e. The first-order valence-electron chi connectivity index (χ1n) is 13.0. The van der Waals surface area contributed by atoms with Crippen molar-refractivity contribution in [3.05, 3.63) is 95.6 Å². The van der Waals surface area contributed by atoms with Crippen LogP contribution in [0.4, 0.5) is 4.79 Å². The van der Waals surface area contributed by atoms with Crippen LogP contribution in [0.3, 0.4) is 0 Å². The molecule has 0 bridgehead atoms. The van der Waals surface area contributed by atoms with Gasteiger partial charge in [0.1, 0.15) is 24.2 Å². The van der Waals surface area contributed by atoms with E-state index in [4.69, 9.17) is 18.9 Å². The number of likely N-dealkylation sites (tertiary alicyclic amines) is 1. The Bertz CT molecular complexity index is 1180. The van der Waals surface area contributed by atoms with Crippen molar-refractivity contribution in [2.75, 3.05) is 20.8 Å². The molecule has 0 aromatic heterocycles. The molecule has 0 aliphatic carbocycles. The van der Waals surface area contributed by atoms with Gasteiger partial charge in [-0.2, -0.15) is 0 Å². The molecular weight excluding hydrogens is 498 g/mol. The second-order valence-corrected chi connectivity index (χ2v) is 9.72. The molecule has 1 saturated heterocycles. The maximum atomic E-state index is 13.8. The summed E-state index contributed by atoms with van der Waals surface area (Å²) in [5, 5.41) is 10.1. The lowest BCUT2D eigenvalue weighted by Crippen LogP contribution is -2.68. The van der Waals surface area contributed by atoms with Crippen molar-refractivity contribution in [2.24, 2.45) is 11.8 Å². The highest BCUT2D eigenvalue weighted by atomic mass is 16.7. The van der Waals surface area contributed by atoms with Crippen molar-refractivity contribution in [2.45, 2.75) is 38.6 Å². The molecule has 206 valence electrons. The van der Waals surface area contributed by atoms with E-state index in [2.05, 4.69) is 0 Å². The van der Waals surface area contributed by atoms with Crippen LogP contribution in [0, 0.1) is 11.8 Å². The molecule has 4 unspecified atom stereocenters. The molecule has 1 amide bonds. The molecular formula is C31H35NO7. The Balaban J connectivity index is 1.58. The van der Waals surface area contributed by atoms with Gasteiger partial charge in [-0.3, -0.25) is 4.79 Å². The predicted molar refractivity (Wildman–Crippen MR) is 145 cm³/mol. The normalized spacial score (nSPS) is 18.2. The zero-order valence-electron chi connectivity index (χ0n) is 22.7. The SMILES string of the molecule is COc1ccc(C(c2ccc(OC)cc2)N2C(=O)C(C(C)OC(=O)OCc3ccccc3)C2C(C)CO)cc1. The fourth-order valence-electron chi connectivity index (χ4n) is 5.13. The number of hydrogen-bond acceptors (Lipinski definition) is 7. The van der Waals surface area contributed by atoms with E-state index in [1.54, 1.807) is 26.0 Å². The summed E-state index contributed by atoms with van der Waals surface area (Å²) in [6, 6.07) is 23.6. The highest BCUT2D eigenvalue weighted by Gasteiger charge is 2.56. The molecule has 0 spiro atoms. The van der Waals surface area contributed by atoms with Gasteiger partial charge in [0.05, 0.1) is 32.2 Å². The average Bonchev–Trinajstić information content (AvgIpc) is 2.97. The van der Waals surface area contributed by atoms with Gasteiger partial charge in [-0.1, -0.05) is 61.5 Å². The lowest BCUT2D eigenvalue weighted by Gasteiger charge is -2.54. The lowest BCUT2D eigenvalue weighted by molar-refractivity contribution is -0.174. The maximum Gasteiger partial charge on any atom is 0.508 e. The molecule has 8 nitrogen and oxygen atoms in total. The minimum atomic E-state index is -0.838. The number of carbonyl (C=O) groups is 2. The quantitative estimate of drug-likeness (QED) is 0.274. The zero-order valence-corrected chi connectivity index (χ0v) is 22.7. The van der Waals surface area contributed by atoms with E-state index >= 15 is 0 Å². The topological polar surface area (TPSA) is 94.5 Å². The van der Waals surface area contributed by atoms with Crippen LogP contribution in [0.15, 0.2) is 78.9 Å². The van der Waals surface area contributed by atoms with E-state index < -0.39 is 24.2 Å². The van der Waals surface area contributed by atoms with Crippen molar-refractivity contribution < 1.29 is 33.6 Å². The second-order valence-electron chi connectivity index (χ2n) is 9.72. The van der Waals surface area contributed by atoms with Gasteiger partial charge in [0, 0.05) is 12.5 Å². The summed E-state index contributed by atoms with van der Waals surface area (Å²) < 4.78 is 21.5. The molecule has 1 heterocycles. The summed E-state index contributed by atoms with van der Waals surface area (Å²) in [6.07, 6.45) is -1.58. The largest absolute Gasteiger partial charge is 0.508 e. The fourth-order valence-corrected chi connectivity index (χ4v) is 5.13. The number of rotatable bonds is 11. The predicted octanol–water partition coefficient (Wildman–Crippen LogP) is 4.99. The van der Waals surface area contributed by atoms with Crippen LogP contribution in [-0.2, 0) is 20.9 Å². The standard InChI is InChI=1S/C31H35NO7/c1-20(18-33)28-27(21(2)39-31(35)38-19-22-8-6-5-7-9-22)30(34)32(28)29(23-10-14-25(36-3)15-11-23)24-12-16-26(37-4)17-13-24/h5-17,20-21,27-29,33H,18-19H2,1-4H3. The number of ether oxygens (including phenoxy) is 4. The molecule has 1 fully saturated rings. The number of hydrogen-bond donors (Lipinski definition) is 1. The molecule has 8 heteroatoms. The van der Waals surface area contributed by atoms with Gasteiger partial charge in [-0.25, -0.2) is 4.79 Å². The molecule has 1 aliphatic heterocycles. The highest BCUT2D eigenvalue weighted by molar-refractivity contribution is 5.88. The number of nitrogens with zero attached hydrogens (tertiary/aromatic N) is 1. The van der Waals surface area contributed by atoms with Crippen LogP contribution in [0.5, 0.6) is 11.5 Å². The van der Waals surface area contributed by atoms with E-state index in [0.29, 0.717) is 11.5 Å². The van der Waals surface area contributed by atoms with Crippen molar-refractivity contribution >= 4 is 12.1 Å². The van der Waals surface area contributed by atoms with Crippen LogP contribution in [-0.4, -0.2) is 55.0 Å². The number of carbonyl (C=O) groups excluding carboxylic acids is 2. The van der Waals surface area contributed by atoms with Crippen LogP contribution < -0.4 is 9.47 Å². The summed E-state index contributed by atoms with van der Waals surface area (Å²) in [6.45, 7) is 3.52. The molecule has 0 saturated carbocycles. The van der Waals surface area contributed by atoms with Crippen molar-refractivity contribution in [1.29, 1.82) is 0 Å². The number of β-lactam (4-membered cyclic amide) rings is 1. The van der Waals surface area contributed by atoms with Crippen molar-refractivity contribution in [1.82, 2.24) is 4.90 Å². The van der Waals surface area contributed by atoms with Gasteiger partial charge < -0.3 is 29.0 Å². The van der Waals surface area contributed by atoms with Crippen LogP contribution in [0.25, 0.3) is 0 Å². The fraction of sp³-hybridized carbons (Fsp3) is 0.355. The molecule has 3 aromatic carbocycles. The highest BCUT2D eigenvalue weighted by Crippen LogP contribution is 2.45. The molecule has 3 aromatic rings. The first kappa shape index (κ1) is 28.0. The molecule has 4 atom stereocenters. The van der Waals surface area contributed by atoms with E-state index in [1.807, 2.05) is 85.8 Å². The van der Waals surface area contributed by atoms with Gasteiger partial charge in [-0.15, -0.1) is 0 Å². The Kier molecular flexibility index (Phi) is 9.09. The first-order valence-corrected chi connectivity index (χ1v) is 13.0. The van der Waals surface area contributed by atoms with Gasteiger partial charge in [0.15, 0.2) is 0 Å². The van der Waals surface area contributed by atoms with Crippen molar-refractivity contribution in [3.63, 3.8) is 0 Å². The maximum absolute atomic E-state index is 13.8. The molecule has 4 rings (SSSR count). The Morgan fingerprint density at radius 2 is 1.41 bits per heavy atom. The Labute approximate surface area is 229 Å². The van der Waals surface area contributed by atoms with Crippen molar-refractivity contribution in [3.8, 4) is 11.5 Å². The zero-order chi connectivity index (χ0) is 27.9. The first-order chi connectivity index (χ1) is 18.9. The summed E-state index contributed by atoms with van der Waals surface area (Å²) >= 11 is 0. The third kappa shape index (κ3) is 6.17. The summed E-state index contributed by atoms with van der Waals surface area (Å²) in [5.74, 6) is 0.349. The van der Waals surface area contributed by atoms with E-state index in [9.17, 15) is 14.7 Å². The Morgan fingerprint density at radius 3 is 1.90 bits per heavy atom. The molecule has 39 heavy (non-hydrogen) atoms. The Morgan fingerprint density at radius 1 is 0.872 bits per heavy atom. The minimum absolute atomic E-state index is 0.0740. The van der Waals surface area contributed by atoms with E-state index in [1.165, 1.54) is 0 Å². The van der Waals surface area contributed by atoms with Gasteiger partial charge in [0.25, 0.3) is 0 Å². The number of methoxy groups -OCH3 is 2. The third-order valence-corrected chi connectivity index (χ3v) is 7.23. The summed E-state index contributed by atoms with van der Waals surface area (Å²) in [5.41, 5.74) is 2.61. The average molecular weight is 534 g/mol. The number of amides is 1. The number of aliphatic hydroxyl groups excluding tert-OH is 1. The van der Waals surface area contributed by atoms with E-state index in [-0.39, 0.29) is 31.1 Å². The Hall–Kier alpha value is -4.04. The number of aliphatic hydroxyl groups is 1. The molecule has 1 aliphatic rings. The number of benzene rings is 3. The lowest BCUT2D eigenvalue weighted by atomic mass is 9.74. The van der Waals surface area contributed by atoms with Gasteiger partial charge >= 0.3 is 6.16 Å². The monoisotopic (exact) mass is 533 g/mol. The molecule has 0 radical (unpaired) electrons. The van der Waals surface area contributed by atoms with Crippen LogP contribution >= 0.6 is 0 Å². The van der Waals surface area contributed by atoms with E-state index in [0.717, 1.165) is 16.7 Å². The molecule has 1 N–H and O–H groups in total. The van der Waals surface area contributed by atoms with Gasteiger partial charge in [-0.05, 0) is 47.9 Å². The van der Waals surface area contributed by atoms with Gasteiger partial charge in [0.2, 0.25) is 5.91 Å². The van der Waals surface area contributed by atoms with Crippen LogP contribution in [0.2, 0.25) is 0 Å². The van der Waals surface area contributed by atoms with Crippen LogP contribution in [0.1, 0.15) is 36.6 Å².